The normalized spacial score (nSPS) is 19.4. The SMILES string of the molecule is Cc1ccc(-n2cc(-c3ccccc3)c3c(N4C[C@@H](C)C[C@H](C)C4)ncnc32)cc1. The summed E-state index contributed by atoms with van der Waals surface area (Å²) in [5, 5.41) is 1.14. The van der Waals surface area contributed by atoms with Gasteiger partial charge in [0.15, 0.2) is 5.65 Å². The van der Waals surface area contributed by atoms with E-state index in [-0.39, 0.29) is 0 Å². The Morgan fingerprint density at radius 2 is 1.57 bits per heavy atom. The Bertz CT molecular complexity index is 1150. The molecule has 30 heavy (non-hydrogen) atoms. The molecule has 0 saturated carbocycles. The number of hydrogen-bond donors (Lipinski definition) is 0. The van der Waals surface area contributed by atoms with Gasteiger partial charge in [0.25, 0.3) is 0 Å². The van der Waals surface area contributed by atoms with Crippen molar-refractivity contribution in [2.24, 2.45) is 11.8 Å². The van der Waals surface area contributed by atoms with Crippen molar-refractivity contribution in [2.45, 2.75) is 27.2 Å². The average Bonchev–Trinajstić information content (AvgIpc) is 3.14. The van der Waals surface area contributed by atoms with E-state index < -0.39 is 0 Å². The van der Waals surface area contributed by atoms with Crippen molar-refractivity contribution in [2.75, 3.05) is 18.0 Å². The lowest BCUT2D eigenvalue weighted by Gasteiger charge is -2.36. The summed E-state index contributed by atoms with van der Waals surface area (Å²) < 4.78 is 2.21. The van der Waals surface area contributed by atoms with Crippen molar-refractivity contribution >= 4 is 16.9 Å². The first kappa shape index (κ1) is 18.9. The van der Waals surface area contributed by atoms with Crippen LogP contribution in [-0.2, 0) is 0 Å². The van der Waals surface area contributed by atoms with Gasteiger partial charge >= 0.3 is 0 Å². The summed E-state index contributed by atoms with van der Waals surface area (Å²) in [6.45, 7) is 8.89. The lowest BCUT2D eigenvalue weighted by Crippen LogP contribution is -2.39. The molecule has 1 fully saturated rings. The van der Waals surface area contributed by atoms with Crippen LogP contribution in [0.15, 0.2) is 67.1 Å². The average molecular weight is 397 g/mol. The lowest BCUT2D eigenvalue weighted by molar-refractivity contribution is 0.356. The third kappa shape index (κ3) is 3.36. The van der Waals surface area contributed by atoms with Gasteiger partial charge in [0.2, 0.25) is 0 Å². The summed E-state index contributed by atoms with van der Waals surface area (Å²) >= 11 is 0. The highest BCUT2D eigenvalue weighted by Crippen LogP contribution is 2.38. The molecule has 4 heteroatoms. The maximum atomic E-state index is 4.81. The van der Waals surface area contributed by atoms with E-state index in [4.69, 9.17) is 9.97 Å². The maximum absolute atomic E-state index is 4.81. The summed E-state index contributed by atoms with van der Waals surface area (Å²) in [5.74, 6) is 2.39. The second kappa shape index (κ2) is 7.60. The van der Waals surface area contributed by atoms with Crippen LogP contribution in [0.1, 0.15) is 25.8 Å². The molecule has 152 valence electrons. The Balaban J connectivity index is 1.75. The van der Waals surface area contributed by atoms with Crippen LogP contribution < -0.4 is 4.90 Å². The summed E-state index contributed by atoms with van der Waals surface area (Å²) in [7, 11) is 0. The quantitative estimate of drug-likeness (QED) is 0.434. The molecule has 0 aliphatic carbocycles. The first-order valence-electron chi connectivity index (χ1n) is 10.8. The highest BCUT2D eigenvalue weighted by molar-refractivity contribution is 6.02. The maximum Gasteiger partial charge on any atom is 0.150 e. The van der Waals surface area contributed by atoms with E-state index in [9.17, 15) is 0 Å². The molecular weight excluding hydrogens is 368 g/mol. The van der Waals surface area contributed by atoms with Crippen molar-refractivity contribution in [3.63, 3.8) is 0 Å². The second-order valence-corrected chi connectivity index (χ2v) is 8.86. The summed E-state index contributed by atoms with van der Waals surface area (Å²) in [4.78, 5) is 12.0. The van der Waals surface area contributed by atoms with Crippen molar-refractivity contribution < 1.29 is 0 Å². The van der Waals surface area contributed by atoms with E-state index in [0.29, 0.717) is 11.8 Å². The van der Waals surface area contributed by atoms with Crippen LogP contribution in [0, 0.1) is 18.8 Å². The van der Waals surface area contributed by atoms with Gasteiger partial charge in [-0.25, -0.2) is 9.97 Å². The van der Waals surface area contributed by atoms with Crippen molar-refractivity contribution in [3.05, 3.63) is 72.7 Å². The lowest BCUT2D eigenvalue weighted by atomic mass is 9.91. The first-order valence-corrected chi connectivity index (χ1v) is 10.8. The number of piperidine rings is 1. The standard InChI is InChI=1S/C26H28N4/c1-18-9-11-22(12-10-18)30-16-23(21-7-5-4-6-8-21)24-25(27-17-28-26(24)30)29-14-19(2)13-20(3)15-29/h4-12,16-17,19-20H,13-15H2,1-3H3/t19-,20-/m0/s1. The zero-order chi connectivity index (χ0) is 20.7. The molecule has 4 aromatic rings. The highest BCUT2D eigenvalue weighted by atomic mass is 15.2. The molecule has 2 atom stereocenters. The Morgan fingerprint density at radius 1 is 0.867 bits per heavy atom. The number of anilines is 1. The van der Waals surface area contributed by atoms with Gasteiger partial charge < -0.3 is 9.47 Å². The minimum absolute atomic E-state index is 0.665. The van der Waals surface area contributed by atoms with Crippen molar-refractivity contribution in [1.29, 1.82) is 0 Å². The third-order valence-electron chi connectivity index (χ3n) is 6.13. The molecule has 0 unspecified atom stereocenters. The zero-order valence-corrected chi connectivity index (χ0v) is 17.9. The Kier molecular flexibility index (Phi) is 4.78. The number of benzene rings is 2. The monoisotopic (exact) mass is 396 g/mol. The van der Waals surface area contributed by atoms with E-state index in [0.717, 1.165) is 35.6 Å². The molecule has 5 rings (SSSR count). The van der Waals surface area contributed by atoms with Gasteiger partial charge in [0.05, 0.1) is 5.39 Å². The second-order valence-electron chi connectivity index (χ2n) is 8.86. The van der Waals surface area contributed by atoms with Gasteiger partial charge in [0.1, 0.15) is 12.1 Å². The van der Waals surface area contributed by atoms with Crippen LogP contribution >= 0.6 is 0 Å². The number of nitrogens with zero attached hydrogens (tertiary/aromatic N) is 4. The molecule has 0 spiro atoms. The fourth-order valence-electron chi connectivity index (χ4n) is 4.86. The molecule has 0 amide bonds. The van der Waals surface area contributed by atoms with Crippen LogP contribution in [0.3, 0.4) is 0 Å². The van der Waals surface area contributed by atoms with Gasteiger partial charge in [-0.3, -0.25) is 0 Å². The molecule has 3 heterocycles. The third-order valence-corrected chi connectivity index (χ3v) is 6.13. The van der Waals surface area contributed by atoms with Crippen LogP contribution in [0.2, 0.25) is 0 Å². The predicted molar refractivity (Wildman–Crippen MR) is 124 cm³/mol. The van der Waals surface area contributed by atoms with Gasteiger partial charge in [0, 0.05) is 30.5 Å². The van der Waals surface area contributed by atoms with Crippen LogP contribution in [0.5, 0.6) is 0 Å². The molecule has 2 aromatic carbocycles. The van der Waals surface area contributed by atoms with E-state index in [1.807, 2.05) is 0 Å². The minimum atomic E-state index is 0.665. The first-order chi connectivity index (χ1) is 14.6. The molecule has 2 aromatic heterocycles. The molecular formula is C26H28N4. The van der Waals surface area contributed by atoms with Gasteiger partial charge in [-0.2, -0.15) is 0 Å². The summed E-state index contributed by atoms with van der Waals surface area (Å²) in [6.07, 6.45) is 5.22. The number of hydrogen-bond acceptors (Lipinski definition) is 3. The number of aryl methyl sites for hydroxylation is 1. The number of rotatable bonds is 3. The molecule has 0 radical (unpaired) electrons. The van der Waals surface area contributed by atoms with E-state index >= 15 is 0 Å². The van der Waals surface area contributed by atoms with Crippen molar-refractivity contribution in [1.82, 2.24) is 14.5 Å². The van der Waals surface area contributed by atoms with Crippen LogP contribution in [-0.4, -0.2) is 27.6 Å². The summed E-state index contributed by atoms with van der Waals surface area (Å²) in [6, 6.07) is 19.2. The molecule has 4 nitrogen and oxygen atoms in total. The Morgan fingerprint density at radius 3 is 2.27 bits per heavy atom. The summed E-state index contributed by atoms with van der Waals surface area (Å²) in [5.41, 5.74) is 5.73. The topological polar surface area (TPSA) is 34.0 Å². The van der Waals surface area contributed by atoms with Crippen LogP contribution in [0.25, 0.3) is 27.8 Å². The van der Waals surface area contributed by atoms with Gasteiger partial charge in [-0.15, -0.1) is 0 Å². The smallest absolute Gasteiger partial charge is 0.150 e. The van der Waals surface area contributed by atoms with Gasteiger partial charge in [-0.1, -0.05) is 61.9 Å². The molecule has 0 bridgehead atoms. The molecule has 1 aliphatic rings. The Hall–Kier alpha value is -3.14. The van der Waals surface area contributed by atoms with E-state index in [2.05, 4.69) is 91.0 Å². The zero-order valence-electron chi connectivity index (χ0n) is 17.9. The fraction of sp³-hybridized carbons (Fsp3) is 0.308. The number of aromatic nitrogens is 3. The predicted octanol–water partition coefficient (Wildman–Crippen LogP) is 5.88. The molecule has 0 N–H and O–H groups in total. The highest BCUT2D eigenvalue weighted by Gasteiger charge is 2.26. The largest absolute Gasteiger partial charge is 0.355 e. The van der Waals surface area contributed by atoms with E-state index in [1.54, 1.807) is 6.33 Å². The van der Waals surface area contributed by atoms with Gasteiger partial charge in [-0.05, 0) is 42.9 Å². The Labute approximate surface area is 178 Å². The molecule has 1 aliphatic heterocycles. The van der Waals surface area contributed by atoms with E-state index in [1.165, 1.54) is 23.1 Å². The molecule has 1 saturated heterocycles. The van der Waals surface area contributed by atoms with Crippen LogP contribution in [0.4, 0.5) is 5.82 Å². The number of fused-ring (bicyclic) bond motifs is 1. The minimum Gasteiger partial charge on any atom is -0.355 e. The fourth-order valence-corrected chi connectivity index (χ4v) is 4.86. The van der Waals surface area contributed by atoms with Crippen molar-refractivity contribution in [3.8, 4) is 16.8 Å².